The molecule has 1 fully saturated rings. The molecule has 0 radical (unpaired) electrons. The number of carbonyl (C=O) groups is 1. The first-order valence-electron chi connectivity index (χ1n) is 6.58. The van der Waals surface area contributed by atoms with Crippen LogP contribution in [-0.4, -0.2) is 41.0 Å². The van der Waals surface area contributed by atoms with Crippen LogP contribution in [0, 0.1) is 0 Å². The molecule has 1 aromatic rings. The lowest BCUT2D eigenvalue weighted by molar-refractivity contribution is -0.168. The van der Waals surface area contributed by atoms with Gasteiger partial charge in [-0.25, -0.2) is 4.98 Å². The summed E-state index contributed by atoms with van der Waals surface area (Å²) in [6, 6.07) is 0. The molecule has 6 heteroatoms. The van der Waals surface area contributed by atoms with Gasteiger partial charge in [0.15, 0.2) is 5.41 Å². The molecule has 104 valence electrons. The predicted octanol–water partition coefficient (Wildman–Crippen LogP) is 0.153. The van der Waals surface area contributed by atoms with Gasteiger partial charge in [-0.05, 0) is 19.3 Å². The van der Waals surface area contributed by atoms with Crippen molar-refractivity contribution in [1.82, 2.24) is 9.55 Å². The first kappa shape index (κ1) is 12.6. The zero-order valence-corrected chi connectivity index (χ0v) is 11.0. The van der Waals surface area contributed by atoms with Crippen molar-refractivity contribution in [2.24, 2.45) is 0 Å². The number of esters is 1. The highest BCUT2D eigenvalue weighted by atomic mass is 16.5. The van der Waals surface area contributed by atoms with Crippen LogP contribution in [-0.2, 0) is 39.3 Å². The van der Waals surface area contributed by atoms with Gasteiger partial charge in [-0.3, -0.25) is 4.79 Å². The van der Waals surface area contributed by atoms with Crippen LogP contribution < -0.4 is 0 Å². The van der Waals surface area contributed by atoms with Gasteiger partial charge in [0.1, 0.15) is 5.82 Å². The minimum Gasteiger partial charge on any atom is -0.468 e. The van der Waals surface area contributed by atoms with E-state index in [1.54, 1.807) is 0 Å². The molecule has 2 aliphatic heterocycles. The number of carbonyl (C=O) groups excluding carboxylic acids is 1. The summed E-state index contributed by atoms with van der Waals surface area (Å²) in [5, 5.41) is 9.44. The van der Waals surface area contributed by atoms with Crippen molar-refractivity contribution in [1.29, 1.82) is 0 Å². The standard InChI is InChI=1S/C13H18N2O4/c1-18-12(17)13(7-19-8-13)11-14-9(6-16)10-4-2-3-5-15(10)11/h16H,2-8H2,1H3. The van der Waals surface area contributed by atoms with Gasteiger partial charge in [0, 0.05) is 12.2 Å². The van der Waals surface area contributed by atoms with E-state index in [0.717, 1.165) is 31.5 Å². The minimum absolute atomic E-state index is 0.0898. The average Bonchev–Trinajstić information content (AvgIpc) is 2.77. The molecule has 6 nitrogen and oxygen atoms in total. The number of methoxy groups -OCH3 is 1. The molecule has 0 bridgehead atoms. The van der Waals surface area contributed by atoms with Crippen LogP contribution in [0.25, 0.3) is 0 Å². The highest BCUT2D eigenvalue weighted by Crippen LogP contribution is 2.36. The number of hydrogen-bond donors (Lipinski definition) is 1. The molecule has 0 saturated carbocycles. The van der Waals surface area contributed by atoms with Crippen LogP contribution in [0.5, 0.6) is 0 Å². The van der Waals surface area contributed by atoms with E-state index in [9.17, 15) is 9.90 Å². The van der Waals surface area contributed by atoms with E-state index in [1.807, 2.05) is 0 Å². The largest absolute Gasteiger partial charge is 0.468 e. The molecule has 1 aromatic heterocycles. The molecular formula is C13H18N2O4. The topological polar surface area (TPSA) is 73.6 Å². The van der Waals surface area contributed by atoms with Crippen molar-refractivity contribution in [3.63, 3.8) is 0 Å². The van der Waals surface area contributed by atoms with Crippen molar-refractivity contribution in [2.75, 3.05) is 20.3 Å². The number of ether oxygens (including phenoxy) is 2. The van der Waals surface area contributed by atoms with Crippen LogP contribution in [0.4, 0.5) is 0 Å². The van der Waals surface area contributed by atoms with E-state index >= 15 is 0 Å². The van der Waals surface area contributed by atoms with Gasteiger partial charge in [0.2, 0.25) is 0 Å². The predicted molar refractivity (Wildman–Crippen MR) is 65.6 cm³/mol. The van der Waals surface area contributed by atoms with Gasteiger partial charge in [0.25, 0.3) is 0 Å². The average molecular weight is 266 g/mol. The van der Waals surface area contributed by atoms with Gasteiger partial charge < -0.3 is 19.1 Å². The van der Waals surface area contributed by atoms with Crippen LogP contribution in [0.15, 0.2) is 0 Å². The number of aliphatic hydroxyl groups is 1. The molecule has 0 spiro atoms. The second kappa shape index (κ2) is 4.61. The maximum Gasteiger partial charge on any atom is 0.324 e. The molecule has 0 aliphatic carbocycles. The molecule has 2 aliphatic rings. The summed E-state index contributed by atoms with van der Waals surface area (Å²) >= 11 is 0. The monoisotopic (exact) mass is 266 g/mol. The Balaban J connectivity index is 2.09. The fourth-order valence-corrected chi connectivity index (χ4v) is 2.95. The summed E-state index contributed by atoms with van der Waals surface area (Å²) in [6.45, 7) is 1.37. The second-order valence-corrected chi connectivity index (χ2v) is 5.16. The molecule has 1 saturated heterocycles. The zero-order valence-electron chi connectivity index (χ0n) is 11.0. The van der Waals surface area contributed by atoms with Crippen LogP contribution in [0.2, 0.25) is 0 Å². The Morgan fingerprint density at radius 2 is 2.32 bits per heavy atom. The molecule has 0 unspecified atom stereocenters. The first-order valence-corrected chi connectivity index (χ1v) is 6.58. The van der Waals surface area contributed by atoms with Crippen LogP contribution in [0.3, 0.4) is 0 Å². The number of hydrogen-bond acceptors (Lipinski definition) is 5. The Labute approximate surface area is 111 Å². The lowest BCUT2D eigenvalue weighted by Gasteiger charge is -2.38. The maximum atomic E-state index is 12.1. The van der Waals surface area contributed by atoms with Gasteiger partial charge in [-0.1, -0.05) is 0 Å². The molecule has 1 N–H and O–H groups in total. The number of imidazole rings is 1. The molecule has 3 heterocycles. The molecule has 0 amide bonds. The van der Waals surface area contributed by atoms with E-state index in [4.69, 9.17) is 9.47 Å². The van der Waals surface area contributed by atoms with Gasteiger partial charge in [0.05, 0.1) is 32.6 Å². The highest BCUT2D eigenvalue weighted by molar-refractivity contribution is 5.83. The van der Waals surface area contributed by atoms with Gasteiger partial charge in [-0.2, -0.15) is 0 Å². The molecule has 19 heavy (non-hydrogen) atoms. The van der Waals surface area contributed by atoms with E-state index in [-0.39, 0.29) is 12.6 Å². The maximum absolute atomic E-state index is 12.1. The zero-order chi connectivity index (χ0) is 13.5. The normalized spacial score (nSPS) is 20.5. The fraction of sp³-hybridized carbons (Fsp3) is 0.692. The Hall–Kier alpha value is -1.40. The highest BCUT2D eigenvalue weighted by Gasteiger charge is 2.53. The van der Waals surface area contributed by atoms with E-state index in [2.05, 4.69) is 9.55 Å². The smallest absolute Gasteiger partial charge is 0.324 e. The summed E-state index contributed by atoms with van der Waals surface area (Å²) in [5.74, 6) is 0.394. The quantitative estimate of drug-likeness (QED) is 0.788. The Morgan fingerprint density at radius 3 is 2.89 bits per heavy atom. The van der Waals surface area contributed by atoms with Crippen molar-refractivity contribution < 1.29 is 19.4 Å². The third-order valence-electron chi connectivity index (χ3n) is 4.05. The van der Waals surface area contributed by atoms with Gasteiger partial charge >= 0.3 is 5.97 Å². The van der Waals surface area contributed by atoms with Crippen molar-refractivity contribution >= 4 is 5.97 Å². The first-order chi connectivity index (χ1) is 9.23. The number of aliphatic hydroxyl groups excluding tert-OH is 1. The summed E-state index contributed by atoms with van der Waals surface area (Å²) in [6.07, 6.45) is 3.07. The molecular weight excluding hydrogens is 248 g/mol. The number of rotatable bonds is 3. The molecule has 0 aromatic carbocycles. The summed E-state index contributed by atoms with van der Waals surface area (Å²) in [4.78, 5) is 16.6. The number of aromatic nitrogens is 2. The van der Waals surface area contributed by atoms with Crippen LogP contribution in [0.1, 0.15) is 30.1 Å². The SMILES string of the molecule is COC(=O)C1(c2nc(CO)c3n2CCCC3)COC1. The molecule has 0 atom stereocenters. The lowest BCUT2D eigenvalue weighted by atomic mass is 9.84. The van der Waals surface area contributed by atoms with E-state index in [0.29, 0.717) is 24.7 Å². The number of nitrogens with zero attached hydrogens (tertiary/aromatic N) is 2. The third-order valence-corrected chi connectivity index (χ3v) is 4.05. The van der Waals surface area contributed by atoms with E-state index < -0.39 is 5.41 Å². The Bertz CT molecular complexity index is 505. The third kappa shape index (κ3) is 1.70. The fourth-order valence-electron chi connectivity index (χ4n) is 2.95. The summed E-state index contributed by atoms with van der Waals surface area (Å²) in [5.41, 5.74) is 0.956. The van der Waals surface area contributed by atoms with Crippen LogP contribution >= 0.6 is 0 Å². The Morgan fingerprint density at radius 1 is 1.53 bits per heavy atom. The van der Waals surface area contributed by atoms with Crippen molar-refractivity contribution in [2.45, 2.75) is 37.8 Å². The minimum atomic E-state index is -0.783. The van der Waals surface area contributed by atoms with Crippen molar-refractivity contribution in [3.8, 4) is 0 Å². The second-order valence-electron chi connectivity index (χ2n) is 5.16. The van der Waals surface area contributed by atoms with Gasteiger partial charge in [-0.15, -0.1) is 0 Å². The van der Waals surface area contributed by atoms with E-state index in [1.165, 1.54) is 7.11 Å². The summed E-state index contributed by atoms with van der Waals surface area (Å²) < 4.78 is 12.2. The Kier molecular flexibility index (Phi) is 3.06. The summed E-state index contributed by atoms with van der Waals surface area (Å²) in [7, 11) is 1.38. The molecule has 3 rings (SSSR count). The number of fused-ring (bicyclic) bond motifs is 1. The van der Waals surface area contributed by atoms with Crippen molar-refractivity contribution in [3.05, 3.63) is 17.2 Å². The lowest BCUT2D eigenvalue weighted by Crippen LogP contribution is -2.55.